The van der Waals surface area contributed by atoms with Crippen molar-refractivity contribution in [3.63, 3.8) is 0 Å². The molecule has 0 amide bonds. The number of benzene rings is 2. The van der Waals surface area contributed by atoms with Crippen LogP contribution in [-0.2, 0) is 9.84 Å². The van der Waals surface area contributed by atoms with Crippen molar-refractivity contribution in [2.75, 3.05) is 36.6 Å². The Hall–Kier alpha value is -0.220. The number of sulfone groups is 1. The number of thiocarbonyl (C=S) groups is 1. The molecule has 2 aromatic rings. The lowest BCUT2D eigenvalue weighted by Crippen LogP contribution is -3.00. The average molecular weight is 865 g/mol. The van der Waals surface area contributed by atoms with Crippen molar-refractivity contribution in [3.8, 4) is 0 Å². The third-order valence-electron chi connectivity index (χ3n) is 6.91. The Morgan fingerprint density at radius 2 is 1.72 bits per heavy atom. The molecule has 39 heavy (non-hydrogen) atoms. The largest absolute Gasteiger partial charge is 1.00 e. The highest BCUT2D eigenvalue weighted by Gasteiger charge is 2.42. The summed E-state index contributed by atoms with van der Waals surface area (Å²) in [6.07, 6.45) is 5.68. The van der Waals surface area contributed by atoms with E-state index in [0.29, 0.717) is 10.0 Å². The molecule has 3 rings (SSSR count). The van der Waals surface area contributed by atoms with E-state index in [2.05, 4.69) is 79.2 Å². The van der Waals surface area contributed by atoms with Crippen molar-refractivity contribution in [1.82, 2.24) is 10.6 Å². The second-order valence-electron chi connectivity index (χ2n) is 10.1. The van der Waals surface area contributed by atoms with Gasteiger partial charge in [-0.15, -0.1) is 0 Å². The fourth-order valence-corrected chi connectivity index (χ4v) is 7.36. The van der Waals surface area contributed by atoms with E-state index < -0.39 is 15.4 Å². The molecule has 0 saturated heterocycles. The van der Waals surface area contributed by atoms with Gasteiger partial charge in [-0.1, -0.05) is 51.7 Å². The topological polar surface area (TPSA) is 73.5 Å². The average Bonchev–Trinajstić information content (AvgIpc) is 2.99. The molecular formula is C28H42BrI2N4O2S2-. The minimum atomic E-state index is -3.49. The van der Waals surface area contributed by atoms with Gasteiger partial charge in [-0.05, 0) is 73.4 Å². The van der Waals surface area contributed by atoms with Crippen LogP contribution >= 0.6 is 49.4 Å². The van der Waals surface area contributed by atoms with Crippen LogP contribution in [0, 0.1) is 0 Å². The van der Waals surface area contributed by atoms with Crippen molar-refractivity contribution in [2.45, 2.75) is 75.8 Å². The number of rotatable bonds is 10. The Morgan fingerprint density at radius 3 is 2.28 bits per heavy atom. The van der Waals surface area contributed by atoms with Crippen molar-refractivity contribution in [1.29, 1.82) is 0 Å². The van der Waals surface area contributed by atoms with E-state index in [4.69, 9.17) is 12.2 Å². The first kappa shape index (κ1) is 36.8. The van der Waals surface area contributed by atoms with Crippen LogP contribution in [0.4, 0.5) is 11.4 Å². The first-order chi connectivity index (χ1) is 18.1. The molecule has 0 bridgehead atoms. The van der Waals surface area contributed by atoms with E-state index in [1.807, 2.05) is 50.2 Å². The highest BCUT2D eigenvalue weighted by atomic mass is 128. The van der Waals surface area contributed by atoms with Crippen LogP contribution in [0.15, 0.2) is 47.4 Å². The lowest BCUT2D eigenvalue weighted by molar-refractivity contribution is -0.0000106. The predicted octanol–water partition coefficient (Wildman–Crippen LogP) is 4.42. The summed E-state index contributed by atoms with van der Waals surface area (Å²) in [5, 5.41) is 10.9. The summed E-state index contributed by atoms with van der Waals surface area (Å²) in [4.78, 5) is 2.45. The Labute approximate surface area is 275 Å². The molecule has 1 atom stereocenters. The third-order valence-corrected chi connectivity index (χ3v) is 9.13. The second-order valence-corrected chi connectivity index (χ2v) is 12.4. The molecule has 1 aliphatic rings. The third kappa shape index (κ3) is 10.2. The Bertz CT molecular complexity index is 1160. The molecule has 1 unspecified atom stereocenters. The van der Waals surface area contributed by atoms with Crippen molar-refractivity contribution < 1.29 is 25.4 Å². The normalized spacial score (nSPS) is 16.8. The maximum Gasteiger partial charge on any atom is 0.180 e. The molecule has 1 heterocycles. The van der Waals surface area contributed by atoms with Crippen LogP contribution in [0.2, 0.25) is 0 Å². The van der Waals surface area contributed by atoms with Crippen LogP contribution in [0.5, 0.6) is 0 Å². The van der Waals surface area contributed by atoms with Crippen LogP contribution in [0.1, 0.15) is 76.5 Å². The van der Waals surface area contributed by atoms with E-state index in [1.54, 1.807) is 6.07 Å². The fourth-order valence-electron chi connectivity index (χ4n) is 5.03. The zero-order chi connectivity index (χ0) is 28.3. The van der Waals surface area contributed by atoms with Crippen molar-refractivity contribution in [2.24, 2.45) is 0 Å². The Morgan fingerprint density at radius 1 is 1.08 bits per heavy atom. The number of hydrogen-bond acceptors (Lipinski definition) is 5. The minimum Gasteiger partial charge on any atom is -1.00 e. The second kappa shape index (κ2) is 17.7. The van der Waals surface area contributed by atoms with Crippen molar-refractivity contribution >= 4 is 75.8 Å². The fraction of sp³-hybridized carbons (Fsp3) is 0.536. The van der Waals surface area contributed by atoms with Crippen LogP contribution in [0.3, 0.4) is 0 Å². The van der Waals surface area contributed by atoms with Gasteiger partial charge in [-0.3, -0.25) is 5.32 Å². The van der Waals surface area contributed by atoms with E-state index in [-0.39, 0.29) is 28.8 Å². The van der Waals surface area contributed by atoms with Crippen LogP contribution < -0.4 is 37.8 Å². The number of nitrogens with one attached hydrogen (secondary N) is 3. The Balaban J connectivity index is 0.00000248. The van der Waals surface area contributed by atoms with Gasteiger partial charge in [-0.25, -0.2) is 8.42 Å². The number of halogens is 3. The molecule has 0 radical (unpaired) electrons. The van der Waals surface area contributed by atoms with Gasteiger partial charge in [0.25, 0.3) is 0 Å². The van der Waals surface area contributed by atoms with Gasteiger partial charge < -0.3 is 32.5 Å². The molecule has 0 aliphatic carbocycles. The monoisotopic (exact) mass is 863 g/mol. The zero-order valence-electron chi connectivity index (χ0n) is 23.5. The van der Waals surface area contributed by atoms with Crippen molar-refractivity contribution in [3.05, 3.63) is 53.6 Å². The molecule has 1 aliphatic heterocycles. The molecule has 6 nitrogen and oxygen atoms in total. The molecule has 11 heteroatoms. The number of hydrogen-bond donors (Lipinski definition) is 3. The SMILES string of the molecule is CCCCC1(CCCC)CS(=O)(=O)c2ccc(N(C)C)cc2C(c2cccc(NC(=S)NCC)c2)N1.II.[Br-]. The van der Waals surface area contributed by atoms with Gasteiger partial charge in [0.05, 0.1) is 16.7 Å². The molecular weight excluding hydrogens is 822 g/mol. The smallest absolute Gasteiger partial charge is 0.180 e. The lowest BCUT2D eigenvalue weighted by Gasteiger charge is -2.37. The standard InChI is InChI=1S/C28H42N4O2S2.BrH.I2/c1-6-9-16-28(17-10-7-2)20-36(33,34)25-15-14-23(32(4)5)19-24(25)26(31-28)21-12-11-13-22(18-21)30-27(35)29-8-3;;1-2/h11-15,18-19,26,31H,6-10,16-17,20H2,1-5H3,(H2,29,30,35);1H;/p-1. The number of unbranched alkanes of at least 4 members (excludes halogenated alkanes) is 2. The van der Waals surface area contributed by atoms with E-state index in [0.717, 1.165) is 67.6 Å². The predicted molar refractivity (Wildman–Crippen MR) is 184 cm³/mol. The number of anilines is 2. The lowest BCUT2D eigenvalue weighted by atomic mass is 9.86. The van der Waals surface area contributed by atoms with Gasteiger partial charge in [0, 0.05) is 74.8 Å². The molecule has 0 fully saturated rings. The number of fused-ring (bicyclic) bond motifs is 1. The van der Waals surface area contributed by atoms with Gasteiger partial charge in [-0.2, -0.15) is 0 Å². The molecule has 0 aromatic heterocycles. The van der Waals surface area contributed by atoms with E-state index in [9.17, 15) is 8.42 Å². The number of nitrogens with zero attached hydrogens (tertiary/aromatic N) is 1. The Kier molecular flexibility index (Phi) is 16.7. The van der Waals surface area contributed by atoms with E-state index >= 15 is 0 Å². The quantitative estimate of drug-likeness (QED) is 0.242. The first-order valence-corrected chi connectivity index (χ1v) is 21.6. The molecule has 0 saturated carbocycles. The molecule has 0 spiro atoms. The summed E-state index contributed by atoms with van der Waals surface area (Å²) in [5.74, 6) is 0.118. The highest BCUT2D eigenvalue weighted by molar-refractivity contribution is 15.0. The summed E-state index contributed by atoms with van der Waals surface area (Å²) >= 11 is 9.64. The van der Waals surface area contributed by atoms with Gasteiger partial charge >= 0.3 is 0 Å². The summed E-state index contributed by atoms with van der Waals surface area (Å²) in [6.45, 7) is 7.07. The zero-order valence-corrected chi connectivity index (χ0v) is 31.0. The first-order valence-electron chi connectivity index (χ1n) is 13.3. The summed E-state index contributed by atoms with van der Waals surface area (Å²) in [7, 11) is 0.467. The van der Waals surface area contributed by atoms with Gasteiger partial charge in [0.1, 0.15) is 0 Å². The molecule has 2 aromatic carbocycles. The summed E-state index contributed by atoms with van der Waals surface area (Å²) in [6, 6.07) is 13.6. The molecule has 3 N–H and O–H groups in total. The van der Waals surface area contributed by atoms with Gasteiger partial charge in [0.2, 0.25) is 0 Å². The molecule has 220 valence electrons. The highest BCUT2D eigenvalue weighted by Crippen LogP contribution is 2.40. The van der Waals surface area contributed by atoms with Crippen LogP contribution in [-0.4, -0.2) is 45.5 Å². The maximum absolute atomic E-state index is 13.9. The maximum atomic E-state index is 13.9. The van der Waals surface area contributed by atoms with Crippen LogP contribution in [0.25, 0.3) is 0 Å². The van der Waals surface area contributed by atoms with E-state index in [1.165, 1.54) is 0 Å². The summed E-state index contributed by atoms with van der Waals surface area (Å²) < 4.78 is 27.8. The van der Waals surface area contributed by atoms with Gasteiger partial charge in [0.15, 0.2) is 14.9 Å². The minimum absolute atomic E-state index is 0. The summed E-state index contributed by atoms with van der Waals surface area (Å²) in [5.41, 5.74) is 3.20.